The fourth-order valence-electron chi connectivity index (χ4n) is 2.66. The Morgan fingerprint density at radius 1 is 1.21 bits per heavy atom. The fourth-order valence-corrected chi connectivity index (χ4v) is 2.85. The third-order valence-corrected chi connectivity index (χ3v) is 4.27. The molecule has 28 heavy (non-hydrogen) atoms. The predicted octanol–water partition coefficient (Wildman–Crippen LogP) is 3.39. The van der Waals surface area contributed by atoms with Crippen molar-refractivity contribution < 1.29 is 32.2 Å². The molecule has 2 aromatic carbocycles. The van der Waals surface area contributed by atoms with Gasteiger partial charge in [0, 0.05) is 0 Å². The number of alkyl halides is 2. The second kappa shape index (κ2) is 8.39. The Kier molecular flexibility index (Phi) is 5.93. The number of carbonyl (C=O) groups excluding carboxylic acids is 2. The van der Waals surface area contributed by atoms with Crippen LogP contribution in [0.3, 0.4) is 0 Å². The van der Waals surface area contributed by atoms with Crippen molar-refractivity contribution in [2.45, 2.75) is 18.8 Å². The van der Waals surface area contributed by atoms with Gasteiger partial charge in [0.15, 0.2) is 6.10 Å². The lowest BCUT2D eigenvalue weighted by Gasteiger charge is -2.22. The molecule has 1 unspecified atom stereocenters. The minimum atomic E-state index is -2.97. The molecule has 1 saturated heterocycles. The fraction of sp³-hybridized carbons (Fsp3) is 0.222. The van der Waals surface area contributed by atoms with Gasteiger partial charge in [0.25, 0.3) is 5.91 Å². The summed E-state index contributed by atoms with van der Waals surface area (Å²) in [5.74, 6) is -1.28. The number of benzene rings is 2. The predicted molar refractivity (Wildman–Crippen MR) is 92.7 cm³/mol. The summed E-state index contributed by atoms with van der Waals surface area (Å²) in [6, 6.07) is 8.66. The lowest BCUT2D eigenvalue weighted by molar-refractivity contribution is -0.128. The zero-order valence-corrected chi connectivity index (χ0v) is 14.9. The van der Waals surface area contributed by atoms with Crippen molar-refractivity contribution >= 4 is 23.6 Å². The van der Waals surface area contributed by atoms with Crippen LogP contribution in [0.15, 0.2) is 42.5 Å². The highest BCUT2D eigenvalue weighted by Gasteiger charge is 2.31. The number of carbonyl (C=O) groups is 2. The van der Waals surface area contributed by atoms with Gasteiger partial charge >= 0.3 is 12.7 Å². The Morgan fingerprint density at radius 2 is 1.89 bits per heavy atom. The number of hydrogen-bond donors (Lipinski definition) is 2. The van der Waals surface area contributed by atoms with E-state index in [-0.39, 0.29) is 17.3 Å². The summed E-state index contributed by atoms with van der Waals surface area (Å²) in [5, 5.41) is 4.91. The molecule has 1 aliphatic rings. The first-order chi connectivity index (χ1) is 13.3. The van der Waals surface area contributed by atoms with Crippen LogP contribution >= 0.6 is 11.6 Å². The topological polar surface area (TPSA) is 76.7 Å². The van der Waals surface area contributed by atoms with E-state index in [1.54, 1.807) is 0 Å². The van der Waals surface area contributed by atoms with Gasteiger partial charge in [0.1, 0.15) is 11.6 Å². The Bertz CT molecular complexity index is 880. The molecule has 2 aromatic rings. The van der Waals surface area contributed by atoms with Gasteiger partial charge in [-0.1, -0.05) is 29.8 Å². The van der Waals surface area contributed by atoms with Crippen LogP contribution in [-0.2, 0) is 9.53 Å². The second-order valence-electron chi connectivity index (χ2n) is 5.84. The number of halogens is 4. The van der Waals surface area contributed by atoms with Crippen LogP contribution in [0.2, 0.25) is 5.02 Å². The second-order valence-corrected chi connectivity index (χ2v) is 6.24. The molecular weight excluding hydrogens is 401 g/mol. The molecule has 6 nitrogen and oxygen atoms in total. The van der Waals surface area contributed by atoms with Crippen molar-refractivity contribution in [1.82, 2.24) is 10.6 Å². The number of ether oxygens (including phenoxy) is 2. The summed E-state index contributed by atoms with van der Waals surface area (Å²) in [5.41, 5.74) is 0.939. The summed E-state index contributed by atoms with van der Waals surface area (Å²) in [4.78, 5) is 23.6. The summed E-state index contributed by atoms with van der Waals surface area (Å²) >= 11 is 5.84. The molecule has 0 aromatic heterocycles. The van der Waals surface area contributed by atoms with Crippen molar-refractivity contribution in [2.75, 3.05) is 6.54 Å². The zero-order valence-electron chi connectivity index (χ0n) is 14.1. The third kappa shape index (κ3) is 4.66. The van der Waals surface area contributed by atoms with Crippen LogP contribution < -0.4 is 15.4 Å². The number of rotatable bonds is 6. The van der Waals surface area contributed by atoms with Crippen molar-refractivity contribution in [3.05, 3.63) is 64.4 Å². The van der Waals surface area contributed by atoms with E-state index in [2.05, 4.69) is 15.4 Å². The maximum Gasteiger partial charge on any atom is 0.408 e. The molecule has 2 amide bonds. The van der Waals surface area contributed by atoms with Gasteiger partial charge in [-0.25, -0.2) is 9.18 Å². The van der Waals surface area contributed by atoms with E-state index in [4.69, 9.17) is 16.3 Å². The first-order valence-electron chi connectivity index (χ1n) is 8.08. The van der Waals surface area contributed by atoms with Crippen LogP contribution in [-0.4, -0.2) is 31.3 Å². The number of cyclic esters (lactones) is 1. The molecule has 148 valence electrons. The van der Waals surface area contributed by atoms with Crippen LogP contribution in [0.1, 0.15) is 17.2 Å². The molecule has 1 heterocycles. The van der Waals surface area contributed by atoms with E-state index >= 15 is 0 Å². The normalized spacial score (nSPS) is 17.0. The van der Waals surface area contributed by atoms with Crippen molar-refractivity contribution in [1.29, 1.82) is 0 Å². The van der Waals surface area contributed by atoms with Crippen LogP contribution in [0, 0.1) is 5.82 Å². The molecule has 10 heteroatoms. The minimum Gasteiger partial charge on any atom is -0.435 e. The molecule has 0 saturated carbocycles. The monoisotopic (exact) mass is 414 g/mol. The highest BCUT2D eigenvalue weighted by molar-refractivity contribution is 6.30. The first-order valence-corrected chi connectivity index (χ1v) is 8.46. The van der Waals surface area contributed by atoms with E-state index in [9.17, 15) is 22.8 Å². The average molecular weight is 415 g/mol. The summed E-state index contributed by atoms with van der Waals surface area (Å²) in [7, 11) is 0. The van der Waals surface area contributed by atoms with E-state index in [0.29, 0.717) is 11.1 Å². The molecule has 1 aliphatic heterocycles. The van der Waals surface area contributed by atoms with Crippen LogP contribution in [0.5, 0.6) is 5.75 Å². The van der Waals surface area contributed by atoms with Gasteiger partial charge in [-0.15, -0.1) is 0 Å². The molecular formula is C18H14ClF3N2O4. The number of amides is 2. The highest BCUT2D eigenvalue weighted by atomic mass is 35.5. The van der Waals surface area contributed by atoms with Gasteiger partial charge < -0.3 is 20.1 Å². The third-order valence-electron chi connectivity index (χ3n) is 3.98. The lowest BCUT2D eigenvalue weighted by atomic mass is 9.98. The van der Waals surface area contributed by atoms with Crippen molar-refractivity contribution in [3.63, 3.8) is 0 Å². The first kappa shape index (κ1) is 19.8. The van der Waals surface area contributed by atoms with Gasteiger partial charge in [0.05, 0.1) is 17.6 Å². The Balaban J connectivity index is 1.88. The summed E-state index contributed by atoms with van der Waals surface area (Å²) in [6.07, 6.45) is -1.75. The maximum atomic E-state index is 13.5. The minimum absolute atomic E-state index is 0.00271. The van der Waals surface area contributed by atoms with Crippen molar-refractivity contribution in [2.24, 2.45) is 0 Å². The Morgan fingerprint density at radius 3 is 2.46 bits per heavy atom. The van der Waals surface area contributed by atoms with E-state index in [0.717, 1.165) is 6.07 Å². The van der Waals surface area contributed by atoms with Gasteiger partial charge in [-0.2, -0.15) is 8.78 Å². The van der Waals surface area contributed by atoms with Crippen LogP contribution in [0.25, 0.3) is 0 Å². The smallest absolute Gasteiger partial charge is 0.408 e. The Hall–Kier alpha value is -2.94. The molecule has 2 N–H and O–H groups in total. The van der Waals surface area contributed by atoms with E-state index in [1.807, 2.05) is 0 Å². The molecule has 2 atom stereocenters. The Labute approximate surface area is 162 Å². The summed E-state index contributed by atoms with van der Waals surface area (Å²) < 4.78 is 47.3. The quantitative estimate of drug-likeness (QED) is 0.759. The van der Waals surface area contributed by atoms with E-state index < -0.39 is 36.6 Å². The van der Waals surface area contributed by atoms with Gasteiger partial charge in [0.2, 0.25) is 0 Å². The molecule has 0 spiro atoms. The zero-order chi connectivity index (χ0) is 20.3. The average Bonchev–Trinajstić information content (AvgIpc) is 3.09. The highest BCUT2D eigenvalue weighted by Crippen LogP contribution is 2.28. The standard InChI is InChI=1S/C18H14ClF3N2O4/c19-12-7-10(3-6-13(12)20)15(24-16(25)14-8-23-18(26)28-14)9-1-4-11(5-2-9)27-17(21)22/h1-7,14-15,17H,8H2,(H,23,26)(H,24,25)/t14?,15-/m1/s1. The lowest BCUT2D eigenvalue weighted by Crippen LogP contribution is -2.39. The molecule has 0 radical (unpaired) electrons. The largest absolute Gasteiger partial charge is 0.435 e. The van der Waals surface area contributed by atoms with Gasteiger partial charge in [-0.05, 0) is 35.4 Å². The summed E-state index contributed by atoms with van der Waals surface area (Å²) in [6.45, 7) is -2.97. The number of alkyl carbamates (subject to hydrolysis) is 1. The van der Waals surface area contributed by atoms with E-state index in [1.165, 1.54) is 36.4 Å². The number of hydrogen-bond acceptors (Lipinski definition) is 4. The number of nitrogens with one attached hydrogen (secondary N) is 2. The maximum absolute atomic E-state index is 13.5. The molecule has 0 aliphatic carbocycles. The van der Waals surface area contributed by atoms with Crippen LogP contribution in [0.4, 0.5) is 18.0 Å². The SMILES string of the molecule is O=C1NCC(C(=O)N[C@H](c2ccc(OC(F)F)cc2)c2ccc(F)c(Cl)c2)O1. The van der Waals surface area contributed by atoms with Gasteiger partial charge in [-0.3, -0.25) is 4.79 Å². The molecule has 3 rings (SSSR count). The molecule has 1 fully saturated rings. The molecule has 0 bridgehead atoms. The van der Waals surface area contributed by atoms with Crippen molar-refractivity contribution in [3.8, 4) is 5.75 Å².